The average Bonchev–Trinajstić information content (AvgIpc) is 3.08. The minimum absolute atomic E-state index is 0.0392. The van der Waals surface area contributed by atoms with E-state index in [1.165, 1.54) is 12.1 Å². The molecule has 1 unspecified atom stereocenters. The summed E-state index contributed by atoms with van der Waals surface area (Å²) in [7, 11) is 0. The van der Waals surface area contributed by atoms with Crippen molar-refractivity contribution < 1.29 is 9.72 Å². The lowest BCUT2D eigenvalue weighted by molar-refractivity contribution is -0.384. The van der Waals surface area contributed by atoms with E-state index in [0.29, 0.717) is 5.92 Å². The molecule has 156 valence electrons. The van der Waals surface area contributed by atoms with Crippen molar-refractivity contribution in [2.45, 2.75) is 39.2 Å². The SMILES string of the molecule is Cc1nc2cnccc2n1CC1CCN(C(=O)C(C)c2ccc([N+](=O)[O-])cc2)CC1. The second-order valence-electron chi connectivity index (χ2n) is 7.97. The highest BCUT2D eigenvalue weighted by molar-refractivity contribution is 5.83. The van der Waals surface area contributed by atoms with E-state index in [1.54, 1.807) is 24.5 Å². The zero-order valence-electron chi connectivity index (χ0n) is 17.2. The lowest BCUT2D eigenvalue weighted by atomic mass is 9.94. The molecule has 4 rings (SSSR count). The van der Waals surface area contributed by atoms with Crippen LogP contribution in [0.1, 0.15) is 37.1 Å². The first-order valence-corrected chi connectivity index (χ1v) is 10.2. The molecule has 1 aliphatic heterocycles. The van der Waals surface area contributed by atoms with Crippen LogP contribution >= 0.6 is 0 Å². The molecule has 30 heavy (non-hydrogen) atoms. The predicted octanol–water partition coefficient (Wildman–Crippen LogP) is 3.69. The minimum atomic E-state index is -0.428. The second-order valence-corrected chi connectivity index (χ2v) is 7.97. The van der Waals surface area contributed by atoms with Crippen LogP contribution in [-0.4, -0.2) is 43.4 Å². The molecule has 8 nitrogen and oxygen atoms in total. The number of piperidine rings is 1. The van der Waals surface area contributed by atoms with E-state index in [2.05, 4.69) is 14.5 Å². The average molecular weight is 407 g/mol. The highest BCUT2D eigenvalue weighted by atomic mass is 16.6. The molecule has 0 N–H and O–H groups in total. The largest absolute Gasteiger partial charge is 0.342 e. The van der Waals surface area contributed by atoms with Gasteiger partial charge in [0.25, 0.3) is 5.69 Å². The molecule has 1 saturated heterocycles. The fourth-order valence-corrected chi connectivity index (χ4v) is 4.23. The number of aromatic nitrogens is 3. The molecule has 1 aliphatic rings. The van der Waals surface area contributed by atoms with Crippen LogP contribution in [0, 0.1) is 23.0 Å². The molecule has 3 heterocycles. The standard InChI is InChI=1S/C22H25N5O3/c1-15(18-3-5-19(6-4-18)27(29)30)22(28)25-11-8-17(9-12-25)14-26-16(2)24-20-13-23-10-7-21(20)26/h3-7,10,13,15,17H,8-9,11-12,14H2,1-2H3. The number of carbonyl (C=O) groups is 1. The Hall–Kier alpha value is -3.29. The number of likely N-dealkylation sites (tertiary alicyclic amines) is 1. The van der Waals surface area contributed by atoms with Gasteiger partial charge in [-0.1, -0.05) is 12.1 Å². The van der Waals surface area contributed by atoms with Gasteiger partial charge in [-0.3, -0.25) is 19.9 Å². The van der Waals surface area contributed by atoms with Crippen molar-refractivity contribution in [1.82, 2.24) is 19.4 Å². The number of amides is 1. The van der Waals surface area contributed by atoms with E-state index in [1.807, 2.05) is 24.8 Å². The van der Waals surface area contributed by atoms with Crippen molar-refractivity contribution in [1.29, 1.82) is 0 Å². The quantitative estimate of drug-likeness (QED) is 0.475. The number of fused-ring (bicyclic) bond motifs is 1. The number of aryl methyl sites for hydroxylation is 1. The van der Waals surface area contributed by atoms with Crippen LogP contribution in [0.2, 0.25) is 0 Å². The number of rotatable bonds is 5. The van der Waals surface area contributed by atoms with Gasteiger partial charge in [0.1, 0.15) is 11.3 Å². The van der Waals surface area contributed by atoms with Crippen LogP contribution in [0.4, 0.5) is 5.69 Å². The van der Waals surface area contributed by atoms with Crippen molar-refractivity contribution in [2.24, 2.45) is 5.92 Å². The van der Waals surface area contributed by atoms with Crippen molar-refractivity contribution in [3.05, 3.63) is 64.2 Å². The van der Waals surface area contributed by atoms with Crippen LogP contribution < -0.4 is 0 Å². The van der Waals surface area contributed by atoms with Gasteiger partial charge in [-0.2, -0.15) is 0 Å². The molecule has 1 atom stereocenters. The number of nitrogens with zero attached hydrogens (tertiary/aromatic N) is 5. The Bertz CT molecular complexity index is 1070. The summed E-state index contributed by atoms with van der Waals surface area (Å²) < 4.78 is 2.25. The molecule has 0 aliphatic carbocycles. The second kappa shape index (κ2) is 8.22. The fourth-order valence-electron chi connectivity index (χ4n) is 4.23. The number of hydrogen-bond acceptors (Lipinski definition) is 5. The first-order chi connectivity index (χ1) is 14.4. The summed E-state index contributed by atoms with van der Waals surface area (Å²) in [4.78, 5) is 34.0. The molecule has 1 aromatic carbocycles. The molecule has 0 saturated carbocycles. The third-order valence-corrected chi connectivity index (χ3v) is 6.08. The minimum Gasteiger partial charge on any atom is -0.342 e. The van der Waals surface area contributed by atoms with E-state index in [9.17, 15) is 14.9 Å². The van der Waals surface area contributed by atoms with Crippen molar-refractivity contribution >= 4 is 22.6 Å². The Morgan fingerprint density at radius 3 is 2.60 bits per heavy atom. The summed E-state index contributed by atoms with van der Waals surface area (Å²) in [5.74, 6) is 1.25. The number of imidazole rings is 1. The highest BCUT2D eigenvalue weighted by Crippen LogP contribution is 2.26. The van der Waals surface area contributed by atoms with Gasteiger partial charge in [0.15, 0.2) is 0 Å². The number of nitro groups is 1. The van der Waals surface area contributed by atoms with E-state index in [4.69, 9.17) is 0 Å². The molecule has 3 aromatic rings. The van der Waals surface area contributed by atoms with Gasteiger partial charge in [0.2, 0.25) is 5.91 Å². The van der Waals surface area contributed by atoms with Gasteiger partial charge < -0.3 is 9.47 Å². The molecule has 1 fully saturated rings. The highest BCUT2D eigenvalue weighted by Gasteiger charge is 2.27. The molecule has 0 bridgehead atoms. The van der Waals surface area contributed by atoms with Crippen molar-refractivity contribution in [2.75, 3.05) is 13.1 Å². The van der Waals surface area contributed by atoms with Gasteiger partial charge >= 0.3 is 0 Å². The molecule has 0 radical (unpaired) electrons. The predicted molar refractivity (Wildman–Crippen MR) is 113 cm³/mol. The maximum absolute atomic E-state index is 12.9. The smallest absolute Gasteiger partial charge is 0.269 e. The van der Waals surface area contributed by atoms with Gasteiger partial charge in [-0.15, -0.1) is 0 Å². The first kappa shape index (κ1) is 20.0. The Morgan fingerprint density at radius 2 is 1.93 bits per heavy atom. The topological polar surface area (TPSA) is 94.2 Å². The number of nitro benzene ring substituents is 1. The lowest BCUT2D eigenvalue weighted by Gasteiger charge is -2.34. The third-order valence-electron chi connectivity index (χ3n) is 6.08. The molecular weight excluding hydrogens is 382 g/mol. The maximum Gasteiger partial charge on any atom is 0.269 e. The number of benzene rings is 1. The van der Waals surface area contributed by atoms with Crippen LogP contribution in [0.3, 0.4) is 0 Å². The molecular formula is C22H25N5O3. The van der Waals surface area contributed by atoms with Crippen LogP contribution in [0.15, 0.2) is 42.7 Å². The van der Waals surface area contributed by atoms with Gasteiger partial charge in [-0.05, 0) is 44.2 Å². The molecule has 2 aromatic heterocycles. The van der Waals surface area contributed by atoms with Crippen LogP contribution in [0.25, 0.3) is 11.0 Å². The number of non-ortho nitro benzene ring substituents is 1. The summed E-state index contributed by atoms with van der Waals surface area (Å²) in [6, 6.07) is 8.27. The molecule has 0 spiro atoms. The number of pyridine rings is 1. The summed E-state index contributed by atoms with van der Waals surface area (Å²) in [5.41, 5.74) is 2.87. The zero-order valence-corrected chi connectivity index (χ0v) is 17.2. The van der Waals surface area contributed by atoms with Crippen LogP contribution in [-0.2, 0) is 11.3 Å². The van der Waals surface area contributed by atoms with E-state index >= 15 is 0 Å². The Kier molecular flexibility index (Phi) is 5.48. The van der Waals surface area contributed by atoms with Crippen LogP contribution in [0.5, 0.6) is 0 Å². The summed E-state index contributed by atoms with van der Waals surface area (Å²) >= 11 is 0. The Balaban J connectivity index is 1.37. The van der Waals surface area contributed by atoms with Crippen molar-refractivity contribution in [3.63, 3.8) is 0 Å². The number of hydrogen-bond donors (Lipinski definition) is 0. The third kappa shape index (κ3) is 3.90. The van der Waals surface area contributed by atoms with Gasteiger partial charge in [0, 0.05) is 38.0 Å². The van der Waals surface area contributed by atoms with Crippen molar-refractivity contribution in [3.8, 4) is 0 Å². The van der Waals surface area contributed by atoms with E-state index in [-0.39, 0.29) is 17.5 Å². The van der Waals surface area contributed by atoms with E-state index < -0.39 is 4.92 Å². The van der Waals surface area contributed by atoms with Gasteiger partial charge in [0.05, 0.1) is 22.6 Å². The maximum atomic E-state index is 12.9. The molecule has 8 heteroatoms. The zero-order chi connectivity index (χ0) is 21.3. The Labute approximate surface area is 174 Å². The fraction of sp³-hybridized carbons (Fsp3) is 0.409. The molecule has 1 amide bonds. The summed E-state index contributed by atoms with van der Waals surface area (Å²) in [6.07, 6.45) is 5.48. The normalized spacial score (nSPS) is 16.0. The monoisotopic (exact) mass is 407 g/mol. The number of carbonyl (C=O) groups excluding carboxylic acids is 1. The Morgan fingerprint density at radius 1 is 1.23 bits per heavy atom. The van der Waals surface area contributed by atoms with Gasteiger partial charge in [-0.25, -0.2) is 4.98 Å². The summed E-state index contributed by atoms with van der Waals surface area (Å²) in [6.45, 7) is 6.24. The first-order valence-electron chi connectivity index (χ1n) is 10.2. The lowest BCUT2D eigenvalue weighted by Crippen LogP contribution is -2.41. The summed E-state index contributed by atoms with van der Waals surface area (Å²) in [5, 5.41) is 10.8. The van der Waals surface area contributed by atoms with E-state index in [0.717, 1.165) is 54.9 Å².